The van der Waals surface area contributed by atoms with E-state index in [0.29, 0.717) is 5.25 Å². The van der Waals surface area contributed by atoms with Gasteiger partial charge in [-0.1, -0.05) is 0 Å². The van der Waals surface area contributed by atoms with Gasteiger partial charge in [-0.05, 0) is 6.42 Å². The van der Waals surface area contributed by atoms with Gasteiger partial charge >= 0.3 is 6.03 Å². The second-order valence-corrected chi connectivity index (χ2v) is 4.41. The summed E-state index contributed by atoms with van der Waals surface area (Å²) in [7, 11) is 0. The lowest BCUT2D eigenvalue weighted by molar-refractivity contribution is 0.246. The van der Waals surface area contributed by atoms with Crippen LogP contribution in [0.3, 0.4) is 0 Å². The van der Waals surface area contributed by atoms with Gasteiger partial charge in [-0.15, -0.1) is 0 Å². The number of urea groups is 1. The van der Waals surface area contributed by atoms with E-state index in [-0.39, 0.29) is 24.7 Å². The lowest BCUT2D eigenvalue weighted by Crippen LogP contribution is -2.37. The summed E-state index contributed by atoms with van der Waals surface area (Å²) in [6.45, 7) is 0.205. The van der Waals surface area contributed by atoms with E-state index in [9.17, 15) is 4.79 Å². The van der Waals surface area contributed by atoms with Gasteiger partial charge in [0.05, 0.1) is 12.1 Å². The Morgan fingerprint density at radius 2 is 2.42 bits per heavy atom. The average molecular weight is 188 g/mol. The van der Waals surface area contributed by atoms with Gasteiger partial charge in [0.2, 0.25) is 0 Å². The molecule has 2 fully saturated rings. The molecule has 0 spiro atoms. The highest BCUT2D eigenvalue weighted by Gasteiger charge is 2.42. The molecule has 3 atom stereocenters. The van der Waals surface area contributed by atoms with Crippen molar-refractivity contribution in [1.29, 1.82) is 0 Å². The number of amides is 2. The van der Waals surface area contributed by atoms with Crippen LogP contribution >= 0.6 is 11.8 Å². The Morgan fingerprint density at radius 1 is 1.58 bits per heavy atom. The van der Waals surface area contributed by atoms with E-state index in [2.05, 4.69) is 10.6 Å². The summed E-state index contributed by atoms with van der Waals surface area (Å²) in [5, 5.41) is 14.9. The molecule has 2 amide bonds. The number of aliphatic hydroxyl groups excluding tert-OH is 1. The Labute approximate surface area is 75.1 Å². The summed E-state index contributed by atoms with van der Waals surface area (Å²) in [4.78, 5) is 10.9. The largest absolute Gasteiger partial charge is 0.396 e. The molecule has 68 valence electrons. The van der Waals surface area contributed by atoms with Crippen molar-refractivity contribution < 1.29 is 9.90 Å². The first-order valence-electron chi connectivity index (χ1n) is 4.11. The van der Waals surface area contributed by atoms with Gasteiger partial charge in [0, 0.05) is 17.6 Å². The first-order valence-corrected chi connectivity index (χ1v) is 5.15. The smallest absolute Gasteiger partial charge is 0.315 e. The molecule has 4 nitrogen and oxygen atoms in total. The van der Waals surface area contributed by atoms with Crippen LogP contribution in [0.2, 0.25) is 0 Å². The van der Waals surface area contributed by atoms with E-state index in [1.54, 1.807) is 0 Å². The van der Waals surface area contributed by atoms with Crippen molar-refractivity contribution in [3.63, 3.8) is 0 Å². The molecule has 2 rings (SSSR count). The quantitative estimate of drug-likeness (QED) is 0.514. The number of rotatable bonds is 2. The predicted octanol–water partition coefficient (Wildman–Crippen LogP) is -0.466. The molecule has 0 aliphatic carbocycles. The minimum atomic E-state index is -0.0618. The normalized spacial score (nSPS) is 39.1. The van der Waals surface area contributed by atoms with Crippen molar-refractivity contribution in [2.45, 2.75) is 23.8 Å². The van der Waals surface area contributed by atoms with Crippen molar-refractivity contribution in [3.8, 4) is 0 Å². The highest BCUT2D eigenvalue weighted by molar-refractivity contribution is 8.00. The molecule has 0 unspecified atom stereocenters. The number of fused-ring (bicyclic) bond motifs is 1. The van der Waals surface area contributed by atoms with Crippen LogP contribution in [0.1, 0.15) is 6.42 Å². The van der Waals surface area contributed by atoms with Gasteiger partial charge in [-0.25, -0.2) is 4.79 Å². The fourth-order valence-electron chi connectivity index (χ4n) is 1.77. The molecule has 0 saturated carbocycles. The Morgan fingerprint density at radius 3 is 3.17 bits per heavy atom. The lowest BCUT2D eigenvalue weighted by Gasteiger charge is -2.14. The highest BCUT2D eigenvalue weighted by atomic mass is 32.2. The van der Waals surface area contributed by atoms with E-state index >= 15 is 0 Å². The van der Waals surface area contributed by atoms with E-state index in [1.807, 2.05) is 11.8 Å². The molecule has 5 heteroatoms. The van der Waals surface area contributed by atoms with Gasteiger partial charge in [-0.3, -0.25) is 0 Å². The number of hydrogen-bond donors (Lipinski definition) is 3. The van der Waals surface area contributed by atoms with Crippen LogP contribution in [-0.2, 0) is 0 Å². The van der Waals surface area contributed by atoms with E-state index in [1.165, 1.54) is 0 Å². The number of thioether (sulfide) groups is 1. The second-order valence-electron chi connectivity index (χ2n) is 3.13. The van der Waals surface area contributed by atoms with Crippen molar-refractivity contribution >= 4 is 17.8 Å². The fraction of sp³-hybridized carbons (Fsp3) is 0.857. The zero-order chi connectivity index (χ0) is 8.55. The SMILES string of the molecule is O=C1N[C@H]2[C@H](CS[C@H]2CCO)N1. The topological polar surface area (TPSA) is 61.4 Å². The number of carbonyl (C=O) groups excluding carboxylic acids is 1. The molecule has 2 saturated heterocycles. The second kappa shape index (κ2) is 3.14. The Kier molecular flexibility index (Phi) is 2.14. The standard InChI is InChI=1S/C7H12N2O2S/c10-2-1-5-6-4(3-12-5)8-7(11)9-6/h4-6,10H,1-3H2,(H2,8,9,11)/t4-,5-,6-/m0/s1. The predicted molar refractivity (Wildman–Crippen MR) is 47.2 cm³/mol. The number of carbonyl (C=O) groups is 1. The van der Waals surface area contributed by atoms with Crippen molar-refractivity contribution in [2.24, 2.45) is 0 Å². The summed E-state index contributed by atoms with van der Waals surface area (Å²) in [5.41, 5.74) is 0. The monoisotopic (exact) mass is 188 g/mol. The van der Waals surface area contributed by atoms with E-state index < -0.39 is 0 Å². The van der Waals surface area contributed by atoms with Crippen LogP contribution in [0.15, 0.2) is 0 Å². The maximum atomic E-state index is 10.9. The minimum Gasteiger partial charge on any atom is -0.396 e. The maximum absolute atomic E-state index is 10.9. The van der Waals surface area contributed by atoms with Crippen LogP contribution in [0.25, 0.3) is 0 Å². The average Bonchev–Trinajstić information content (AvgIpc) is 2.52. The Balaban J connectivity index is 1.98. The van der Waals surface area contributed by atoms with E-state index in [0.717, 1.165) is 12.2 Å². The fourth-order valence-corrected chi connectivity index (χ4v) is 3.25. The first kappa shape index (κ1) is 8.19. The third-order valence-electron chi connectivity index (χ3n) is 2.35. The molecule has 0 aromatic rings. The molecular formula is C7H12N2O2S. The van der Waals surface area contributed by atoms with Gasteiger partial charge in [0.15, 0.2) is 0 Å². The maximum Gasteiger partial charge on any atom is 0.315 e. The molecule has 0 aromatic carbocycles. The molecule has 0 radical (unpaired) electrons. The lowest BCUT2D eigenvalue weighted by atomic mass is 10.1. The molecule has 0 aromatic heterocycles. The molecule has 2 heterocycles. The molecule has 2 aliphatic rings. The zero-order valence-corrected chi connectivity index (χ0v) is 7.43. The number of nitrogens with one attached hydrogen (secondary N) is 2. The van der Waals surface area contributed by atoms with Gasteiger partial charge in [-0.2, -0.15) is 11.8 Å². The van der Waals surface area contributed by atoms with Crippen LogP contribution in [0, 0.1) is 0 Å². The van der Waals surface area contributed by atoms with Crippen molar-refractivity contribution in [1.82, 2.24) is 10.6 Å². The summed E-state index contributed by atoms with van der Waals surface area (Å²) < 4.78 is 0. The molecular weight excluding hydrogens is 176 g/mol. The summed E-state index contributed by atoms with van der Waals surface area (Å²) in [5.74, 6) is 0.966. The molecule has 3 N–H and O–H groups in total. The van der Waals surface area contributed by atoms with Gasteiger partial charge in [0.25, 0.3) is 0 Å². The van der Waals surface area contributed by atoms with Crippen molar-refractivity contribution in [3.05, 3.63) is 0 Å². The highest BCUT2D eigenvalue weighted by Crippen LogP contribution is 2.31. The van der Waals surface area contributed by atoms with Crippen molar-refractivity contribution in [2.75, 3.05) is 12.4 Å². The van der Waals surface area contributed by atoms with Crippen LogP contribution in [0.5, 0.6) is 0 Å². The number of hydrogen-bond acceptors (Lipinski definition) is 3. The number of aliphatic hydroxyl groups is 1. The third-order valence-corrected chi connectivity index (χ3v) is 3.86. The summed E-state index contributed by atoms with van der Waals surface area (Å²) in [6.07, 6.45) is 0.772. The Bertz CT molecular complexity index is 198. The van der Waals surface area contributed by atoms with Gasteiger partial charge in [0.1, 0.15) is 0 Å². The summed E-state index contributed by atoms with van der Waals surface area (Å²) >= 11 is 1.82. The molecule has 12 heavy (non-hydrogen) atoms. The summed E-state index contributed by atoms with van der Waals surface area (Å²) in [6, 6.07) is 0.446. The minimum absolute atomic E-state index is 0.0618. The molecule has 0 bridgehead atoms. The van der Waals surface area contributed by atoms with Crippen LogP contribution in [0.4, 0.5) is 4.79 Å². The Hall–Kier alpha value is -0.420. The van der Waals surface area contributed by atoms with Crippen LogP contribution < -0.4 is 10.6 Å². The zero-order valence-electron chi connectivity index (χ0n) is 6.62. The first-order chi connectivity index (χ1) is 5.81. The molecule has 2 aliphatic heterocycles. The third kappa shape index (κ3) is 1.27. The van der Waals surface area contributed by atoms with Crippen LogP contribution in [-0.4, -0.2) is 40.8 Å². The van der Waals surface area contributed by atoms with E-state index in [4.69, 9.17) is 5.11 Å². The van der Waals surface area contributed by atoms with Gasteiger partial charge < -0.3 is 15.7 Å².